The second-order valence-corrected chi connectivity index (χ2v) is 53.1. The molecule has 25 rings (SSSR count). The highest BCUT2D eigenvalue weighted by atomic mass is 16.6. The van der Waals surface area contributed by atoms with Crippen LogP contribution in [0.1, 0.15) is 454 Å². The Kier molecular flexibility index (Phi) is 39.7. The van der Waals surface area contributed by atoms with E-state index < -0.39 is 38.6 Å². The van der Waals surface area contributed by atoms with Crippen LogP contribution in [-0.2, 0) is 66.7 Å². The molecular weight excluding hydrogens is 1770 g/mol. The van der Waals surface area contributed by atoms with Crippen molar-refractivity contribution in [3.63, 3.8) is 0 Å². The Bertz CT molecular complexity index is 4300. The van der Waals surface area contributed by atoms with Crippen molar-refractivity contribution in [2.75, 3.05) is 13.7 Å². The summed E-state index contributed by atoms with van der Waals surface area (Å²) in [6, 6.07) is 0. The molecule has 0 aromatic carbocycles. The molecule has 16 heteroatoms. The minimum atomic E-state index is -0.551. The van der Waals surface area contributed by atoms with Gasteiger partial charge in [0.05, 0.1) is 50.6 Å². The maximum absolute atomic E-state index is 13.0. The van der Waals surface area contributed by atoms with Gasteiger partial charge in [-0.05, 0) is 462 Å². The number of hydrogen-bond donors (Lipinski definition) is 2. The Labute approximate surface area is 867 Å². The molecule has 0 spiro atoms. The van der Waals surface area contributed by atoms with Crippen LogP contribution in [0.2, 0.25) is 0 Å². The molecule has 142 heavy (non-hydrogen) atoms. The number of aliphatic hydroxyl groups is 2. The van der Waals surface area contributed by atoms with Gasteiger partial charge in [0.2, 0.25) is 0 Å². The lowest BCUT2D eigenvalue weighted by Gasteiger charge is -2.62. The van der Waals surface area contributed by atoms with Crippen molar-refractivity contribution in [2.45, 2.75) is 493 Å². The van der Waals surface area contributed by atoms with E-state index in [9.17, 15) is 43.8 Å². The lowest BCUT2D eigenvalue weighted by Crippen LogP contribution is -2.64. The number of esters is 7. The Morgan fingerprint density at radius 1 is 0.359 bits per heavy atom. The van der Waals surface area contributed by atoms with Crippen LogP contribution < -0.4 is 0 Å². The predicted molar refractivity (Wildman–Crippen MR) is 579 cm³/mol. The number of allylic oxidation sites excluding steroid dienone is 4. The van der Waals surface area contributed by atoms with E-state index in [4.69, 9.17) is 33.2 Å². The van der Waals surface area contributed by atoms with Crippen molar-refractivity contribution in [3.8, 4) is 0 Å². The van der Waals surface area contributed by atoms with Crippen LogP contribution in [0.25, 0.3) is 0 Å². The molecule has 812 valence electrons. The van der Waals surface area contributed by atoms with Gasteiger partial charge in [0.1, 0.15) is 33.6 Å². The number of aliphatic hydroxyl groups excluding tert-OH is 1. The summed E-state index contributed by atoms with van der Waals surface area (Å²) in [4.78, 5) is 89.4. The fourth-order valence-electron chi connectivity index (χ4n) is 32.4. The van der Waals surface area contributed by atoms with E-state index in [1.165, 1.54) is 141 Å². The average molecular weight is 1980 g/mol. The summed E-state index contributed by atoms with van der Waals surface area (Å²) < 4.78 is 43.0. The fourth-order valence-corrected chi connectivity index (χ4v) is 32.4. The number of rotatable bonds is 27. The van der Waals surface area contributed by atoms with Gasteiger partial charge in [-0.25, -0.2) is 0 Å². The minimum absolute atomic E-state index is 0. The Morgan fingerprint density at radius 3 is 0.979 bits per heavy atom. The van der Waals surface area contributed by atoms with Crippen molar-refractivity contribution < 1.29 is 76.9 Å². The maximum atomic E-state index is 13.0. The van der Waals surface area contributed by atoms with Gasteiger partial charge < -0.3 is 43.4 Å². The van der Waals surface area contributed by atoms with Crippen LogP contribution in [0.15, 0.2) is 72.9 Å². The zero-order valence-corrected chi connectivity index (χ0v) is 89.4. The predicted octanol–water partition coefficient (Wildman–Crippen LogP) is 31.0. The zero-order chi connectivity index (χ0) is 99.1. The van der Waals surface area contributed by atoms with Crippen LogP contribution in [0.3, 0.4) is 0 Å². The van der Waals surface area contributed by atoms with E-state index in [0.29, 0.717) is 59.2 Å². The van der Waals surface area contributed by atoms with E-state index in [-0.39, 0.29) is 167 Å². The zero-order valence-electron chi connectivity index (χ0n) is 89.4. The van der Waals surface area contributed by atoms with Gasteiger partial charge in [-0.15, -0.1) is 0 Å². The molecule has 25 aliphatic rings. The number of carbonyl (C=O) groups is 7. The molecule has 0 amide bonds. The van der Waals surface area contributed by atoms with Gasteiger partial charge in [0, 0.05) is 77.6 Å². The van der Waals surface area contributed by atoms with Crippen molar-refractivity contribution in [1.82, 2.24) is 0 Å². The molecule has 2 N–H and O–H groups in total. The standard InChI is InChI=1S/C22H34O4.C22H34O2.C20H32O2.C19H30O3.C19H30O2.C18H28O3.6CH4/c1-6-8-9-22(26-18(23)20(3,4)7-2)16-10-15-11-17(22)14-21(12-15,13-16)19(24)25-5;1-4-21(2,3)20(23)24-22(14-15-7-5-6-8-15)18-10-16-9-17(12-18)13-19(22)11-16;1-6-19(4,5)18(21)22-20(12-13(2)3)16-8-14-7-15(10-16)11-17(20)9-14;1-5-18(3,4)17(21)22-19(6-2)14-8-12-7-13(10-14)15(11-20)16(19)9-12;1-5-7-19(21-17(20)18(3,4)6-2)15-9-13-8-14(11-15)12-16(19)10-13;1-5-16(3,4)15(19)21-18(6-2)13-7-12-8-14(18)11-17(20,9-12)10-13;;;;;;/h8-9,15-17H,6-7,10-14H2,1-5H3;14,16-19H,4-13H2,1-3H3;12,14-17H,6-11H2,1-5H3;6,12-16,20H,2,5,7-11H2,1,3-4H3;5,7,13-16H,6,8-12H2,1-4H3;6,12-14,20H,2,5,7-11H2,1,3-4H3;6*1H4/b9-8-;;;;7-5+;;;;;;;. The SMILES string of the molecule is C.C.C.C.C.C.C/C=C/C1(OC(=O)C(C)(C)CC)C2CC3CC(C2)CC1C3.C=CC1(OC(=O)C(C)(C)CC)C2CC3CC(C2)C(CO)C1C3.C=CC1(OC(=O)C(C)(C)CC)C2CC3CC1CC(O)(C3)C2.CC/C=C\C1(OC(=O)C(C)(C)CC)C2CC3CC1CC(C(=O)OC)(C3)C2.CCC(C)(C)C(=O)OC1(C=C(C)C)C2CC3CC(C2)CC1C3.CCC(C)(C)C(=O)OC1(C=C2CCCC2)C2CC3CC(C2)CC1C3. The molecule has 0 saturated heterocycles. The van der Waals surface area contributed by atoms with E-state index in [1.807, 2.05) is 116 Å². The smallest absolute Gasteiger partial charge is 0.312 e. The first-order valence-electron chi connectivity index (χ1n) is 55.7. The molecule has 10 atom stereocenters. The highest BCUT2D eigenvalue weighted by molar-refractivity contribution is 5.81. The summed E-state index contributed by atoms with van der Waals surface area (Å²) >= 11 is 0. The summed E-state index contributed by atoms with van der Waals surface area (Å²) in [6.07, 6.45) is 61.2. The Morgan fingerprint density at radius 2 is 0.655 bits per heavy atom. The van der Waals surface area contributed by atoms with Gasteiger partial charge in [-0.1, -0.05) is 129 Å². The number of ether oxygens (including phenoxy) is 7. The molecular formula is C126H212O16. The molecule has 24 bridgehead atoms. The first-order chi connectivity index (χ1) is 63.9. The summed E-state index contributed by atoms with van der Waals surface area (Å²) in [7, 11) is 1.49. The Balaban J connectivity index is 0.000000207. The van der Waals surface area contributed by atoms with E-state index >= 15 is 0 Å². The highest BCUT2D eigenvalue weighted by Crippen LogP contribution is 2.70. The maximum Gasteiger partial charge on any atom is 0.312 e. The molecule has 25 saturated carbocycles. The Hall–Kier alpha value is -5.35. The van der Waals surface area contributed by atoms with Crippen molar-refractivity contribution in [2.24, 2.45) is 174 Å². The van der Waals surface area contributed by atoms with Crippen molar-refractivity contribution in [1.29, 1.82) is 0 Å². The van der Waals surface area contributed by atoms with Gasteiger partial charge in [-0.2, -0.15) is 0 Å². The third-order valence-electron chi connectivity index (χ3n) is 41.8. The molecule has 25 fully saturated rings. The van der Waals surface area contributed by atoms with Crippen molar-refractivity contribution >= 4 is 41.8 Å². The summed E-state index contributed by atoms with van der Waals surface area (Å²) in [6.45, 7) is 52.9. The van der Waals surface area contributed by atoms with E-state index in [2.05, 4.69) is 98.1 Å². The monoisotopic (exact) mass is 1980 g/mol. The largest absolute Gasteiger partial charge is 0.469 e. The molecule has 0 aromatic rings. The second-order valence-electron chi connectivity index (χ2n) is 53.1. The minimum Gasteiger partial charge on any atom is -0.469 e. The van der Waals surface area contributed by atoms with Gasteiger partial charge in [0.15, 0.2) is 0 Å². The van der Waals surface area contributed by atoms with Crippen LogP contribution in [0.5, 0.6) is 0 Å². The van der Waals surface area contributed by atoms with Crippen LogP contribution in [0.4, 0.5) is 0 Å². The molecule has 0 aliphatic heterocycles. The van der Waals surface area contributed by atoms with Gasteiger partial charge in [-0.3, -0.25) is 33.6 Å². The van der Waals surface area contributed by atoms with E-state index in [1.54, 1.807) is 5.57 Å². The first-order valence-corrected chi connectivity index (χ1v) is 55.7. The van der Waals surface area contributed by atoms with Crippen molar-refractivity contribution in [3.05, 3.63) is 72.9 Å². The van der Waals surface area contributed by atoms with Crippen LogP contribution in [-0.4, -0.2) is 105 Å². The summed E-state index contributed by atoms with van der Waals surface area (Å²) in [5.74, 6) is 12.7. The molecule has 0 aromatic heterocycles. The fraction of sp³-hybridized carbons (Fsp3) is 0.849. The molecule has 0 heterocycles. The molecule has 10 unspecified atom stereocenters. The van der Waals surface area contributed by atoms with Crippen LogP contribution in [0, 0.1) is 174 Å². The normalized spacial score (nSPS) is 39.6. The van der Waals surface area contributed by atoms with Crippen LogP contribution >= 0.6 is 0 Å². The molecule has 16 nitrogen and oxygen atoms in total. The molecule has 0 radical (unpaired) electrons. The number of hydrogen-bond acceptors (Lipinski definition) is 16. The van der Waals surface area contributed by atoms with Gasteiger partial charge >= 0.3 is 41.8 Å². The lowest BCUT2D eigenvalue weighted by molar-refractivity contribution is -0.230. The third-order valence-corrected chi connectivity index (χ3v) is 41.8. The lowest BCUT2D eigenvalue weighted by atomic mass is 9.44. The number of carbonyl (C=O) groups excluding carboxylic acids is 7. The number of methoxy groups -OCH3 is 1. The van der Waals surface area contributed by atoms with E-state index in [0.717, 1.165) is 170 Å². The molecule has 25 aliphatic carbocycles. The summed E-state index contributed by atoms with van der Waals surface area (Å²) in [5, 5.41) is 20.6. The second kappa shape index (κ2) is 46.2. The van der Waals surface area contributed by atoms with Gasteiger partial charge in [0.25, 0.3) is 0 Å². The highest BCUT2D eigenvalue weighted by Gasteiger charge is 2.70. The summed E-state index contributed by atoms with van der Waals surface area (Å²) in [5.41, 5.74) is -3.06. The quantitative estimate of drug-likeness (QED) is 0.0443. The first kappa shape index (κ1) is 122. The third kappa shape index (κ3) is 23.1. The topological polar surface area (TPSA) is 225 Å². The average Bonchev–Trinajstić information content (AvgIpc) is 0.721.